The Morgan fingerprint density at radius 1 is 1.30 bits per heavy atom. The van der Waals surface area contributed by atoms with E-state index >= 15 is 0 Å². The molecule has 0 saturated heterocycles. The summed E-state index contributed by atoms with van der Waals surface area (Å²) in [4.78, 5) is 27.1. The number of aromatic amines is 1. The van der Waals surface area contributed by atoms with Gasteiger partial charge in [-0.05, 0) is 44.5 Å². The third-order valence-corrected chi connectivity index (χ3v) is 3.57. The van der Waals surface area contributed by atoms with Crippen molar-refractivity contribution in [2.24, 2.45) is 0 Å². The number of aryl methyl sites for hydroxylation is 2. The lowest BCUT2D eigenvalue weighted by Gasteiger charge is -2.21. The molecular formula is C17H18FNO4. The van der Waals surface area contributed by atoms with Crippen molar-refractivity contribution >= 4 is 11.8 Å². The van der Waals surface area contributed by atoms with Crippen LogP contribution in [0.4, 0.5) is 4.39 Å². The first-order chi connectivity index (χ1) is 10.7. The average molecular weight is 319 g/mol. The number of halogens is 1. The van der Waals surface area contributed by atoms with Crippen LogP contribution in [0.25, 0.3) is 0 Å². The van der Waals surface area contributed by atoms with E-state index in [1.165, 1.54) is 25.1 Å². The van der Waals surface area contributed by atoms with Crippen molar-refractivity contribution in [2.75, 3.05) is 6.61 Å². The smallest absolute Gasteiger partial charge is 0.342 e. The van der Waals surface area contributed by atoms with Gasteiger partial charge in [0.15, 0.2) is 12.2 Å². The second-order valence-electron chi connectivity index (χ2n) is 5.57. The van der Waals surface area contributed by atoms with E-state index in [0.29, 0.717) is 11.3 Å². The van der Waals surface area contributed by atoms with Gasteiger partial charge in [-0.25, -0.2) is 9.18 Å². The van der Waals surface area contributed by atoms with E-state index < -0.39 is 24.0 Å². The number of hydrogen-bond acceptors (Lipinski definition) is 4. The van der Waals surface area contributed by atoms with E-state index in [1.807, 2.05) is 6.92 Å². The largest absolute Gasteiger partial charge is 0.455 e. The Hall–Kier alpha value is -2.47. The van der Waals surface area contributed by atoms with Gasteiger partial charge in [-0.1, -0.05) is 12.1 Å². The number of aliphatic hydroxyl groups is 1. The fourth-order valence-corrected chi connectivity index (χ4v) is 2.27. The van der Waals surface area contributed by atoms with Gasteiger partial charge in [-0.15, -0.1) is 0 Å². The van der Waals surface area contributed by atoms with E-state index in [9.17, 15) is 19.1 Å². The molecule has 0 aliphatic heterocycles. The molecule has 2 aromatic rings. The van der Waals surface area contributed by atoms with Gasteiger partial charge in [-0.3, -0.25) is 4.79 Å². The maximum Gasteiger partial charge on any atom is 0.342 e. The minimum Gasteiger partial charge on any atom is -0.455 e. The number of aromatic nitrogens is 1. The number of carbonyl (C=O) groups excluding carboxylic acids is 2. The second kappa shape index (κ2) is 6.34. The average Bonchev–Trinajstić information content (AvgIpc) is 2.83. The summed E-state index contributed by atoms with van der Waals surface area (Å²) >= 11 is 0. The van der Waals surface area contributed by atoms with Crippen molar-refractivity contribution in [3.63, 3.8) is 0 Å². The van der Waals surface area contributed by atoms with Crippen LogP contribution in [0.2, 0.25) is 0 Å². The molecule has 2 rings (SSSR count). The molecule has 23 heavy (non-hydrogen) atoms. The number of rotatable bonds is 5. The fourth-order valence-electron chi connectivity index (χ4n) is 2.27. The van der Waals surface area contributed by atoms with E-state index in [2.05, 4.69) is 4.98 Å². The van der Waals surface area contributed by atoms with Crippen molar-refractivity contribution in [3.05, 3.63) is 58.7 Å². The van der Waals surface area contributed by atoms with Crippen molar-refractivity contribution in [1.82, 2.24) is 4.98 Å². The minimum atomic E-state index is -2.04. The van der Waals surface area contributed by atoms with Crippen LogP contribution >= 0.6 is 0 Å². The predicted octanol–water partition coefficient (Wildman–Crippen LogP) is 2.40. The van der Waals surface area contributed by atoms with Gasteiger partial charge in [-0.2, -0.15) is 0 Å². The molecule has 0 bridgehead atoms. The van der Waals surface area contributed by atoms with Crippen LogP contribution < -0.4 is 0 Å². The molecule has 0 unspecified atom stereocenters. The molecule has 1 heterocycles. The van der Waals surface area contributed by atoms with E-state index in [0.717, 1.165) is 11.8 Å². The molecule has 0 spiro atoms. The van der Waals surface area contributed by atoms with Crippen molar-refractivity contribution in [3.8, 4) is 0 Å². The summed E-state index contributed by atoms with van der Waals surface area (Å²) in [5.74, 6) is -1.97. The number of benzene rings is 1. The zero-order valence-corrected chi connectivity index (χ0v) is 13.1. The first kappa shape index (κ1) is 16.9. The summed E-state index contributed by atoms with van der Waals surface area (Å²) in [7, 11) is 0. The highest BCUT2D eigenvalue weighted by molar-refractivity contribution is 5.99. The molecule has 1 atom stereocenters. The number of H-pyrrole nitrogens is 1. The Balaban J connectivity index is 2.07. The normalized spacial score (nSPS) is 13.4. The lowest BCUT2D eigenvalue weighted by Crippen LogP contribution is -2.35. The van der Waals surface area contributed by atoms with E-state index in [-0.39, 0.29) is 11.3 Å². The summed E-state index contributed by atoms with van der Waals surface area (Å²) in [6, 6.07) is 6.69. The lowest BCUT2D eigenvalue weighted by atomic mass is 9.96. The first-order valence-corrected chi connectivity index (χ1v) is 7.07. The number of Topliss-reactive ketones (excluding diaryl/α,β-unsaturated/α-hetero) is 1. The van der Waals surface area contributed by atoms with Gasteiger partial charge in [0.25, 0.3) is 0 Å². The molecule has 1 aromatic carbocycles. The van der Waals surface area contributed by atoms with Crippen molar-refractivity contribution in [2.45, 2.75) is 26.4 Å². The number of carbonyl (C=O) groups is 2. The predicted molar refractivity (Wildman–Crippen MR) is 81.5 cm³/mol. The lowest BCUT2D eigenvalue weighted by molar-refractivity contribution is -0.163. The van der Waals surface area contributed by atoms with Gasteiger partial charge in [0, 0.05) is 17.0 Å². The van der Waals surface area contributed by atoms with Crippen LogP contribution in [0, 0.1) is 19.7 Å². The molecule has 0 saturated carbocycles. The molecule has 0 fully saturated rings. The molecular weight excluding hydrogens is 301 g/mol. The zero-order valence-electron chi connectivity index (χ0n) is 13.1. The SMILES string of the molecule is Cc1cc(C(=O)COC(=O)[C@](C)(O)c2cccc(F)c2)c(C)[nH]1. The molecule has 0 amide bonds. The minimum absolute atomic E-state index is 0.0589. The number of esters is 1. The third kappa shape index (κ3) is 3.65. The molecule has 0 aliphatic carbocycles. The Morgan fingerprint density at radius 2 is 2.00 bits per heavy atom. The second-order valence-corrected chi connectivity index (χ2v) is 5.57. The quantitative estimate of drug-likeness (QED) is 0.655. The van der Waals surface area contributed by atoms with Crippen LogP contribution in [0.15, 0.2) is 30.3 Å². The highest BCUT2D eigenvalue weighted by atomic mass is 19.1. The van der Waals surface area contributed by atoms with E-state index in [1.54, 1.807) is 13.0 Å². The monoisotopic (exact) mass is 319 g/mol. The van der Waals surface area contributed by atoms with Crippen LogP contribution in [-0.2, 0) is 15.1 Å². The standard InChI is InChI=1S/C17H18FNO4/c1-10-7-14(11(2)19-10)15(20)9-23-16(21)17(3,22)12-5-4-6-13(18)8-12/h4-8,19,22H,9H2,1-3H3/t17-/m1/s1. The molecule has 2 N–H and O–H groups in total. The Morgan fingerprint density at radius 3 is 2.57 bits per heavy atom. The van der Waals surface area contributed by atoms with Crippen LogP contribution in [0.5, 0.6) is 0 Å². The van der Waals surface area contributed by atoms with Crippen molar-refractivity contribution in [1.29, 1.82) is 0 Å². The summed E-state index contributed by atoms with van der Waals surface area (Å²) in [5.41, 5.74) is -0.0421. The summed E-state index contributed by atoms with van der Waals surface area (Å²) in [5, 5.41) is 10.3. The van der Waals surface area contributed by atoms with Crippen LogP contribution in [0.3, 0.4) is 0 Å². The number of hydrogen-bond donors (Lipinski definition) is 2. The highest BCUT2D eigenvalue weighted by Gasteiger charge is 2.35. The number of ether oxygens (including phenoxy) is 1. The summed E-state index contributed by atoms with van der Waals surface area (Å²) < 4.78 is 18.1. The highest BCUT2D eigenvalue weighted by Crippen LogP contribution is 2.23. The van der Waals surface area contributed by atoms with Gasteiger partial charge < -0.3 is 14.8 Å². The Bertz CT molecular complexity index is 749. The molecule has 0 radical (unpaired) electrons. The zero-order chi connectivity index (χ0) is 17.2. The Labute approximate surface area is 133 Å². The summed E-state index contributed by atoms with van der Waals surface area (Å²) in [6.07, 6.45) is 0. The van der Waals surface area contributed by atoms with Gasteiger partial charge in [0.1, 0.15) is 5.82 Å². The number of ketones is 1. The van der Waals surface area contributed by atoms with Gasteiger partial charge in [0.2, 0.25) is 5.78 Å². The maximum atomic E-state index is 13.2. The van der Waals surface area contributed by atoms with Crippen LogP contribution in [-0.4, -0.2) is 28.4 Å². The van der Waals surface area contributed by atoms with Crippen LogP contribution in [0.1, 0.15) is 34.2 Å². The number of nitrogens with one attached hydrogen (secondary N) is 1. The van der Waals surface area contributed by atoms with Crippen molar-refractivity contribution < 1.29 is 23.8 Å². The molecule has 0 aliphatic rings. The summed E-state index contributed by atoms with van der Waals surface area (Å²) in [6.45, 7) is 4.25. The molecule has 122 valence electrons. The van der Waals surface area contributed by atoms with Gasteiger partial charge >= 0.3 is 5.97 Å². The van der Waals surface area contributed by atoms with Gasteiger partial charge in [0.05, 0.1) is 0 Å². The topological polar surface area (TPSA) is 79.4 Å². The first-order valence-electron chi connectivity index (χ1n) is 7.07. The maximum absolute atomic E-state index is 13.2. The molecule has 5 nitrogen and oxygen atoms in total. The fraction of sp³-hybridized carbons (Fsp3) is 0.294. The van der Waals surface area contributed by atoms with E-state index in [4.69, 9.17) is 4.74 Å². The Kier molecular flexibility index (Phi) is 4.65. The molecule has 1 aromatic heterocycles. The third-order valence-electron chi connectivity index (χ3n) is 3.57. The molecule has 6 heteroatoms.